The standard InChI is InChI=1S/C43H26N4OS/c1-3-11-27(12-4-1)29-19-23-31(24-20-29)39-44-40(32-25-21-30(22-26-32)28-13-5-2-6-14-28)46-43(45-39)47-41-37(33-15-7-9-17-35(33)48-41)38-34-16-8-10-18-36(34)49-42(38)47/h1-26H. The van der Waals surface area contributed by atoms with E-state index in [1.54, 1.807) is 11.3 Å². The van der Waals surface area contributed by atoms with E-state index < -0.39 is 0 Å². The Morgan fingerprint density at radius 1 is 0.429 bits per heavy atom. The highest BCUT2D eigenvalue weighted by atomic mass is 32.1. The van der Waals surface area contributed by atoms with Crippen LogP contribution in [0.5, 0.6) is 0 Å². The van der Waals surface area contributed by atoms with Gasteiger partial charge < -0.3 is 4.42 Å². The van der Waals surface area contributed by atoms with Gasteiger partial charge in [0.2, 0.25) is 11.7 Å². The molecule has 6 aromatic carbocycles. The van der Waals surface area contributed by atoms with Crippen molar-refractivity contribution in [2.24, 2.45) is 0 Å². The first kappa shape index (κ1) is 27.7. The minimum absolute atomic E-state index is 0.518. The van der Waals surface area contributed by atoms with E-state index in [9.17, 15) is 0 Å². The smallest absolute Gasteiger partial charge is 0.241 e. The maximum atomic E-state index is 6.62. The summed E-state index contributed by atoms with van der Waals surface area (Å²) in [5.74, 6) is 1.71. The summed E-state index contributed by atoms with van der Waals surface area (Å²) in [4.78, 5) is 16.5. The van der Waals surface area contributed by atoms with Crippen molar-refractivity contribution < 1.29 is 4.42 Å². The molecule has 0 unspecified atom stereocenters. The number of hydrogen-bond acceptors (Lipinski definition) is 5. The number of aromatic nitrogens is 4. The largest absolute Gasteiger partial charge is 0.439 e. The third-order valence-corrected chi connectivity index (χ3v) is 10.3. The number of nitrogens with zero attached hydrogens (tertiary/aromatic N) is 4. The summed E-state index contributed by atoms with van der Waals surface area (Å²) in [6.45, 7) is 0. The van der Waals surface area contributed by atoms with Crippen molar-refractivity contribution in [3.05, 3.63) is 158 Å². The van der Waals surface area contributed by atoms with E-state index in [4.69, 9.17) is 19.4 Å². The summed E-state index contributed by atoms with van der Waals surface area (Å²) >= 11 is 1.73. The van der Waals surface area contributed by atoms with Crippen molar-refractivity contribution >= 4 is 53.7 Å². The Morgan fingerprint density at radius 3 is 1.53 bits per heavy atom. The Kier molecular flexibility index (Phi) is 6.29. The second kappa shape index (κ2) is 11.1. The van der Waals surface area contributed by atoms with Crippen LogP contribution in [0.25, 0.3) is 93.3 Å². The van der Waals surface area contributed by atoms with E-state index in [0.29, 0.717) is 17.6 Å². The maximum absolute atomic E-state index is 6.62. The number of fused-ring (bicyclic) bond motifs is 7. The van der Waals surface area contributed by atoms with Gasteiger partial charge in [0.25, 0.3) is 0 Å². The van der Waals surface area contributed by atoms with E-state index in [1.807, 2.05) is 24.3 Å². The molecule has 10 aromatic rings. The zero-order chi connectivity index (χ0) is 32.3. The highest BCUT2D eigenvalue weighted by Gasteiger charge is 2.25. The van der Waals surface area contributed by atoms with Gasteiger partial charge in [0.05, 0.1) is 5.39 Å². The zero-order valence-corrected chi connectivity index (χ0v) is 26.9. The molecule has 0 saturated carbocycles. The van der Waals surface area contributed by atoms with Crippen molar-refractivity contribution in [1.82, 2.24) is 19.5 Å². The molecule has 4 aromatic heterocycles. The van der Waals surface area contributed by atoms with E-state index in [0.717, 1.165) is 65.7 Å². The van der Waals surface area contributed by atoms with Gasteiger partial charge >= 0.3 is 0 Å². The lowest BCUT2D eigenvalue weighted by Crippen LogP contribution is -2.05. The second-order valence-corrected chi connectivity index (χ2v) is 13.1. The van der Waals surface area contributed by atoms with Gasteiger partial charge in [-0.15, -0.1) is 11.3 Å². The van der Waals surface area contributed by atoms with Crippen molar-refractivity contribution in [2.45, 2.75) is 0 Å². The number of rotatable bonds is 5. The Labute approximate surface area is 285 Å². The van der Waals surface area contributed by atoms with Crippen molar-refractivity contribution in [3.8, 4) is 51.0 Å². The molecular weight excluding hydrogens is 621 g/mol. The van der Waals surface area contributed by atoms with Crippen molar-refractivity contribution in [2.75, 3.05) is 0 Å². The summed E-state index contributed by atoms with van der Waals surface area (Å²) in [6, 6.07) is 54.4. The molecule has 0 fully saturated rings. The molecule has 0 spiro atoms. The van der Waals surface area contributed by atoms with Crippen LogP contribution >= 0.6 is 11.3 Å². The fourth-order valence-electron chi connectivity index (χ4n) is 6.74. The van der Waals surface area contributed by atoms with Gasteiger partial charge in [0.15, 0.2) is 11.6 Å². The van der Waals surface area contributed by atoms with Gasteiger partial charge in [0.1, 0.15) is 10.4 Å². The van der Waals surface area contributed by atoms with Crippen LogP contribution in [-0.4, -0.2) is 19.5 Å². The van der Waals surface area contributed by atoms with Gasteiger partial charge in [-0.2, -0.15) is 9.97 Å². The average Bonchev–Trinajstić information content (AvgIpc) is 3.83. The van der Waals surface area contributed by atoms with Crippen LogP contribution < -0.4 is 0 Å². The number of hydrogen-bond donors (Lipinski definition) is 0. The van der Waals surface area contributed by atoms with Crippen LogP contribution in [0.3, 0.4) is 0 Å². The van der Waals surface area contributed by atoms with Crippen LogP contribution in [0.1, 0.15) is 0 Å². The number of para-hydroxylation sites is 1. The molecule has 0 N–H and O–H groups in total. The second-order valence-electron chi connectivity index (χ2n) is 12.1. The van der Waals surface area contributed by atoms with Gasteiger partial charge in [-0.3, -0.25) is 0 Å². The lowest BCUT2D eigenvalue weighted by molar-refractivity contribution is 0.641. The lowest BCUT2D eigenvalue weighted by atomic mass is 10.0. The molecule has 6 heteroatoms. The highest BCUT2D eigenvalue weighted by Crippen LogP contribution is 2.45. The molecule has 0 radical (unpaired) electrons. The number of benzene rings is 6. The summed E-state index contributed by atoms with van der Waals surface area (Å²) in [5.41, 5.74) is 7.98. The molecule has 0 saturated heterocycles. The summed E-state index contributed by atoms with van der Waals surface area (Å²) in [7, 11) is 0. The van der Waals surface area contributed by atoms with Crippen LogP contribution in [0.15, 0.2) is 162 Å². The molecule has 10 rings (SSSR count). The van der Waals surface area contributed by atoms with Crippen LogP contribution in [0.4, 0.5) is 0 Å². The molecule has 0 aliphatic rings. The van der Waals surface area contributed by atoms with Gasteiger partial charge in [-0.25, -0.2) is 9.55 Å². The monoisotopic (exact) mass is 646 g/mol. The lowest BCUT2D eigenvalue weighted by Gasteiger charge is -2.10. The fourth-order valence-corrected chi connectivity index (χ4v) is 7.95. The highest BCUT2D eigenvalue weighted by molar-refractivity contribution is 7.25. The third kappa shape index (κ3) is 4.57. The first-order valence-corrected chi connectivity index (χ1v) is 17.0. The van der Waals surface area contributed by atoms with E-state index in [1.165, 1.54) is 10.1 Å². The summed E-state index contributed by atoms with van der Waals surface area (Å²) in [6.07, 6.45) is 0. The van der Waals surface area contributed by atoms with Gasteiger partial charge in [0, 0.05) is 32.0 Å². The van der Waals surface area contributed by atoms with Crippen LogP contribution in [0.2, 0.25) is 0 Å². The quantitative estimate of drug-likeness (QED) is 0.187. The molecule has 0 bridgehead atoms. The minimum Gasteiger partial charge on any atom is -0.439 e. The molecule has 0 aliphatic carbocycles. The third-order valence-electron chi connectivity index (χ3n) is 9.13. The molecule has 5 nitrogen and oxygen atoms in total. The fraction of sp³-hybridized carbons (Fsp3) is 0. The van der Waals surface area contributed by atoms with E-state index in [2.05, 4.69) is 138 Å². The van der Waals surface area contributed by atoms with Crippen molar-refractivity contribution in [1.29, 1.82) is 0 Å². The molecule has 4 heterocycles. The molecule has 49 heavy (non-hydrogen) atoms. The Morgan fingerprint density at radius 2 is 0.918 bits per heavy atom. The molecule has 0 amide bonds. The summed E-state index contributed by atoms with van der Waals surface area (Å²) < 4.78 is 9.91. The van der Waals surface area contributed by atoms with E-state index >= 15 is 0 Å². The Bertz CT molecular complexity index is 2610. The number of furan rings is 1. The predicted molar refractivity (Wildman–Crippen MR) is 201 cm³/mol. The Balaban J connectivity index is 1.21. The maximum Gasteiger partial charge on any atom is 0.241 e. The first-order chi connectivity index (χ1) is 24.3. The molecule has 230 valence electrons. The average molecular weight is 647 g/mol. The first-order valence-electron chi connectivity index (χ1n) is 16.2. The Hall–Kier alpha value is -6.37. The number of thiophene rings is 1. The van der Waals surface area contributed by atoms with Crippen LogP contribution in [0, 0.1) is 0 Å². The van der Waals surface area contributed by atoms with Gasteiger partial charge in [-0.1, -0.05) is 146 Å². The van der Waals surface area contributed by atoms with Gasteiger partial charge in [-0.05, 0) is 34.4 Å². The van der Waals surface area contributed by atoms with E-state index in [-0.39, 0.29) is 0 Å². The summed E-state index contributed by atoms with van der Waals surface area (Å²) in [5, 5.41) is 4.50. The predicted octanol–water partition coefficient (Wildman–Crippen LogP) is 11.6. The topological polar surface area (TPSA) is 56.7 Å². The van der Waals surface area contributed by atoms with Crippen molar-refractivity contribution in [3.63, 3.8) is 0 Å². The SMILES string of the molecule is c1ccc(-c2ccc(-c3nc(-c4ccc(-c5ccccc5)cc4)nc(-n4c5oc6ccccc6c5c5c6ccccc6sc54)n3)cc2)cc1. The molecule has 0 aliphatic heterocycles. The molecular formula is C43H26N4OS. The van der Waals surface area contributed by atoms with Crippen LogP contribution in [-0.2, 0) is 0 Å². The zero-order valence-electron chi connectivity index (χ0n) is 26.1. The molecule has 0 atom stereocenters. The minimum atomic E-state index is 0.518. The normalized spacial score (nSPS) is 11.7.